The van der Waals surface area contributed by atoms with E-state index in [4.69, 9.17) is 4.74 Å². The summed E-state index contributed by atoms with van der Waals surface area (Å²) in [6.45, 7) is 7.67. The zero-order chi connectivity index (χ0) is 16.2. The lowest BCUT2D eigenvalue weighted by Crippen LogP contribution is -2.56. The standard InChI is InChI=1S/C17H26N2O3/c1-17(2,3)22-16(21)18-10-11-19(15(13-18)9-12-20)14-7-5-4-6-8-14/h4-8,15,20H,9-13H2,1-3H3. The molecule has 5 heteroatoms. The van der Waals surface area contributed by atoms with Gasteiger partial charge in [-0.3, -0.25) is 0 Å². The Morgan fingerprint density at radius 1 is 1.27 bits per heavy atom. The summed E-state index contributed by atoms with van der Waals surface area (Å²) in [4.78, 5) is 16.2. The highest BCUT2D eigenvalue weighted by atomic mass is 16.6. The zero-order valence-electron chi connectivity index (χ0n) is 13.7. The molecule has 1 fully saturated rings. The summed E-state index contributed by atoms with van der Waals surface area (Å²) >= 11 is 0. The number of ether oxygens (including phenoxy) is 1. The maximum Gasteiger partial charge on any atom is 0.410 e. The van der Waals surface area contributed by atoms with E-state index in [-0.39, 0.29) is 18.7 Å². The van der Waals surface area contributed by atoms with Crippen molar-refractivity contribution in [3.05, 3.63) is 30.3 Å². The largest absolute Gasteiger partial charge is 0.444 e. The maximum atomic E-state index is 12.2. The van der Waals surface area contributed by atoms with Gasteiger partial charge in [-0.1, -0.05) is 18.2 Å². The molecule has 0 aliphatic carbocycles. The molecule has 1 amide bonds. The smallest absolute Gasteiger partial charge is 0.410 e. The van der Waals surface area contributed by atoms with E-state index in [1.807, 2.05) is 39.0 Å². The van der Waals surface area contributed by atoms with Crippen LogP contribution in [0.3, 0.4) is 0 Å². The van der Waals surface area contributed by atoms with Crippen LogP contribution in [-0.4, -0.2) is 54.0 Å². The van der Waals surface area contributed by atoms with Gasteiger partial charge in [0.2, 0.25) is 0 Å². The van der Waals surface area contributed by atoms with Gasteiger partial charge in [0.1, 0.15) is 5.60 Å². The summed E-state index contributed by atoms with van der Waals surface area (Å²) in [6.07, 6.45) is 0.358. The van der Waals surface area contributed by atoms with E-state index in [0.717, 1.165) is 12.2 Å². The molecule has 1 atom stereocenters. The van der Waals surface area contributed by atoms with Crippen LogP contribution in [0.5, 0.6) is 0 Å². The Hall–Kier alpha value is -1.75. The van der Waals surface area contributed by atoms with E-state index in [2.05, 4.69) is 17.0 Å². The van der Waals surface area contributed by atoms with E-state index < -0.39 is 5.60 Å². The number of carbonyl (C=O) groups excluding carboxylic acids is 1. The number of aliphatic hydroxyl groups is 1. The molecule has 22 heavy (non-hydrogen) atoms. The van der Waals surface area contributed by atoms with Gasteiger partial charge >= 0.3 is 6.09 Å². The van der Waals surface area contributed by atoms with Crippen molar-refractivity contribution >= 4 is 11.8 Å². The molecule has 1 unspecified atom stereocenters. The predicted molar refractivity (Wildman–Crippen MR) is 87.1 cm³/mol. The van der Waals surface area contributed by atoms with Crippen LogP contribution >= 0.6 is 0 Å². The minimum atomic E-state index is -0.486. The van der Waals surface area contributed by atoms with Gasteiger partial charge in [0, 0.05) is 38.0 Å². The quantitative estimate of drug-likeness (QED) is 0.932. The summed E-state index contributed by atoms with van der Waals surface area (Å²) in [5, 5.41) is 9.33. The minimum absolute atomic E-state index is 0.105. The third-order valence-electron chi connectivity index (χ3n) is 3.68. The fourth-order valence-corrected chi connectivity index (χ4v) is 2.70. The third kappa shape index (κ3) is 4.37. The number of nitrogens with zero attached hydrogens (tertiary/aromatic N) is 2. The van der Waals surface area contributed by atoms with Crippen molar-refractivity contribution in [3.8, 4) is 0 Å². The molecule has 1 aliphatic rings. The average molecular weight is 306 g/mol. The van der Waals surface area contributed by atoms with Gasteiger partial charge in [0.25, 0.3) is 0 Å². The monoisotopic (exact) mass is 306 g/mol. The van der Waals surface area contributed by atoms with Crippen molar-refractivity contribution in [1.29, 1.82) is 0 Å². The first-order chi connectivity index (χ1) is 10.4. The Labute approximate surface area is 132 Å². The van der Waals surface area contributed by atoms with Crippen LogP contribution in [0.4, 0.5) is 10.5 Å². The Morgan fingerprint density at radius 3 is 2.55 bits per heavy atom. The molecule has 0 bridgehead atoms. The summed E-state index contributed by atoms with van der Waals surface area (Å²) in [5.74, 6) is 0. The fraction of sp³-hybridized carbons (Fsp3) is 0.588. The van der Waals surface area contributed by atoms with Crippen LogP contribution in [0.15, 0.2) is 30.3 Å². The number of benzene rings is 1. The Kier molecular flexibility index (Phi) is 5.29. The van der Waals surface area contributed by atoms with Crippen molar-refractivity contribution in [2.45, 2.75) is 38.8 Å². The van der Waals surface area contributed by atoms with E-state index in [1.54, 1.807) is 4.90 Å². The van der Waals surface area contributed by atoms with E-state index in [1.165, 1.54) is 0 Å². The van der Waals surface area contributed by atoms with Gasteiger partial charge in [-0.05, 0) is 39.3 Å². The number of amides is 1. The molecule has 5 nitrogen and oxygen atoms in total. The zero-order valence-corrected chi connectivity index (χ0v) is 13.7. The van der Waals surface area contributed by atoms with Crippen LogP contribution in [0.25, 0.3) is 0 Å². The van der Waals surface area contributed by atoms with Gasteiger partial charge < -0.3 is 19.6 Å². The topological polar surface area (TPSA) is 53.0 Å². The molecule has 1 aliphatic heterocycles. The summed E-state index contributed by atoms with van der Waals surface area (Å²) < 4.78 is 5.45. The molecule has 122 valence electrons. The molecule has 1 heterocycles. The predicted octanol–water partition coefficient (Wildman–Crippen LogP) is 2.49. The SMILES string of the molecule is CC(C)(C)OC(=O)N1CCN(c2ccccc2)C(CCO)C1. The number of aliphatic hydroxyl groups excluding tert-OH is 1. The van der Waals surface area contributed by atoms with Crippen molar-refractivity contribution in [3.63, 3.8) is 0 Å². The van der Waals surface area contributed by atoms with Crippen molar-refractivity contribution in [1.82, 2.24) is 4.90 Å². The second-order valence-corrected chi connectivity index (χ2v) is 6.62. The van der Waals surface area contributed by atoms with Crippen LogP contribution < -0.4 is 4.90 Å². The number of anilines is 1. The molecule has 0 spiro atoms. The van der Waals surface area contributed by atoms with Crippen molar-refractivity contribution < 1.29 is 14.6 Å². The molecule has 0 saturated carbocycles. The normalized spacial score (nSPS) is 19.2. The Morgan fingerprint density at radius 2 is 1.95 bits per heavy atom. The highest BCUT2D eigenvalue weighted by Gasteiger charge is 2.31. The second-order valence-electron chi connectivity index (χ2n) is 6.62. The Balaban J connectivity index is 2.06. The van der Waals surface area contributed by atoms with Crippen molar-refractivity contribution in [2.75, 3.05) is 31.1 Å². The van der Waals surface area contributed by atoms with Crippen LogP contribution in [-0.2, 0) is 4.74 Å². The van der Waals surface area contributed by atoms with Gasteiger partial charge in [0.15, 0.2) is 0 Å². The van der Waals surface area contributed by atoms with Gasteiger partial charge in [-0.15, -0.1) is 0 Å². The number of piperazine rings is 1. The first kappa shape index (κ1) is 16.6. The minimum Gasteiger partial charge on any atom is -0.444 e. The highest BCUT2D eigenvalue weighted by molar-refractivity contribution is 5.69. The Bertz CT molecular complexity index is 484. The molecule has 0 aromatic heterocycles. The number of carbonyl (C=O) groups is 1. The van der Waals surface area contributed by atoms with E-state index in [0.29, 0.717) is 19.5 Å². The van der Waals surface area contributed by atoms with Gasteiger partial charge in [-0.2, -0.15) is 0 Å². The number of para-hydroxylation sites is 1. The number of hydrogen-bond donors (Lipinski definition) is 1. The molecule has 1 aromatic carbocycles. The molecule has 1 N–H and O–H groups in total. The van der Waals surface area contributed by atoms with Gasteiger partial charge in [-0.25, -0.2) is 4.79 Å². The summed E-state index contributed by atoms with van der Waals surface area (Å²) in [7, 11) is 0. The second kappa shape index (κ2) is 7.01. The summed E-state index contributed by atoms with van der Waals surface area (Å²) in [6, 6.07) is 10.2. The summed E-state index contributed by atoms with van der Waals surface area (Å²) in [5.41, 5.74) is 0.643. The molecule has 1 saturated heterocycles. The van der Waals surface area contributed by atoms with Crippen molar-refractivity contribution in [2.24, 2.45) is 0 Å². The highest BCUT2D eigenvalue weighted by Crippen LogP contribution is 2.23. The first-order valence-electron chi connectivity index (χ1n) is 7.81. The molecule has 0 radical (unpaired) electrons. The van der Waals surface area contributed by atoms with Crippen LogP contribution in [0.2, 0.25) is 0 Å². The van der Waals surface area contributed by atoms with E-state index >= 15 is 0 Å². The average Bonchev–Trinajstić information content (AvgIpc) is 2.47. The first-order valence-corrected chi connectivity index (χ1v) is 7.81. The van der Waals surface area contributed by atoms with Crippen LogP contribution in [0, 0.1) is 0 Å². The van der Waals surface area contributed by atoms with Gasteiger partial charge in [0.05, 0.1) is 0 Å². The lowest BCUT2D eigenvalue weighted by Gasteiger charge is -2.42. The lowest BCUT2D eigenvalue weighted by atomic mass is 10.1. The number of hydrogen-bond acceptors (Lipinski definition) is 4. The van der Waals surface area contributed by atoms with E-state index in [9.17, 15) is 9.90 Å². The molecule has 2 rings (SSSR count). The fourth-order valence-electron chi connectivity index (χ4n) is 2.70. The third-order valence-corrected chi connectivity index (χ3v) is 3.68. The number of rotatable bonds is 3. The molecular weight excluding hydrogens is 280 g/mol. The van der Waals surface area contributed by atoms with Crippen LogP contribution in [0.1, 0.15) is 27.2 Å². The lowest BCUT2D eigenvalue weighted by molar-refractivity contribution is 0.0207. The maximum absolute atomic E-state index is 12.2. The molecule has 1 aromatic rings. The molecular formula is C17H26N2O3.